The summed E-state index contributed by atoms with van der Waals surface area (Å²) in [7, 11) is 0. The van der Waals surface area contributed by atoms with Crippen molar-refractivity contribution in [3.8, 4) is 0 Å². The number of alkyl halides is 3. The molecule has 1 nitrogen and oxygen atoms in total. The van der Waals surface area contributed by atoms with Gasteiger partial charge in [0.2, 0.25) is 0 Å². The lowest BCUT2D eigenvalue weighted by Gasteiger charge is -2.11. The van der Waals surface area contributed by atoms with E-state index in [-0.39, 0.29) is 6.04 Å². The third kappa shape index (κ3) is 2.45. The van der Waals surface area contributed by atoms with Gasteiger partial charge in [0.05, 0.1) is 5.56 Å². The predicted molar refractivity (Wildman–Crippen MR) is 64.2 cm³/mol. The van der Waals surface area contributed by atoms with Gasteiger partial charge in [-0.15, -0.1) is 11.3 Å². The minimum absolute atomic E-state index is 0.144. The van der Waals surface area contributed by atoms with Crippen LogP contribution in [0, 0.1) is 0 Å². The third-order valence-corrected chi connectivity index (χ3v) is 3.52. The fraction of sp³-hybridized carbons (Fsp3) is 0.333. The van der Waals surface area contributed by atoms with Crippen molar-refractivity contribution in [3.05, 3.63) is 34.7 Å². The zero-order chi connectivity index (χ0) is 12.6. The van der Waals surface area contributed by atoms with Gasteiger partial charge in [-0.1, -0.05) is 6.07 Å². The summed E-state index contributed by atoms with van der Waals surface area (Å²) in [6.45, 7) is 1.79. The van der Waals surface area contributed by atoms with E-state index in [9.17, 15) is 13.2 Å². The molecule has 0 saturated carbocycles. The summed E-state index contributed by atoms with van der Waals surface area (Å²) in [6, 6.07) is 4.13. The molecule has 1 unspecified atom stereocenters. The van der Waals surface area contributed by atoms with Crippen LogP contribution in [0.4, 0.5) is 13.2 Å². The van der Waals surface area contributed by atoms with Crippen LogP contribution in [-0.2, 0) is 12.6 Å². The normalized spacial score (nSPS) is 14.2. The molecule has 0 aliphatic rings. The molecule has 0 radical (unpaired) electrons. The smallest absolute Gasteiger partial charge is 0.328 e. The number of nitrogens with two attached hydrogens (primary N) is 1. The highest BCUT2D eigenvalue weighted by Crippen LogP contribution is 2.39. The van der Waals surface area contributed by atoms with E-state index >= 15 is 0 Å². The number of hydrogen-bond acceptors (Lipinski definition) is 2. The Bertz CT molecular complexity index is 528. The van der Waals surface area contributed by atoms with E-state index in [1.54, 1.807) is 18.4 Å². The topological polar surface area (TPSA) is 26.0 Å². The van der Waals surface area contributed by atoms with Crippen LogP contribution in [-0.4, -0.2) is 6.04 Å². The first-order valence-electron chi connectivity index (χ1n) is 5.21. The Kier molecular flexibility index (Phi) is 3.14. The van der Waals surface area contributed by atoms with Crippen molar-refractivity contribution in [2.75, 3.05) is 0 Å². The summed E-state index contributed by atoms with van der Waals surface area (Å²) in [5, 5.41) is 2.07. The van der Waals surface area contributed by atoms with Crippen LogP contribution >= 0.6 is 11.3 Å². The van der Waals surface area contributed by atoms with Crippen LogP contribution in [0.25, 0.3) is 10.1 Å². The first kappa shape index (κ1) is 12.4. The SMILES string of the molecule is CC(N)Cc1csc2cccc(C(F)(F)F)c12. The second-order valence-corrected chi connectivity index (χ2v) is 5.03. The number of thiophene rings is 1. The average molecular weight is 259 g/mol. The van der Waals surface area contributed by atoms with Gasteiger partial charge >= 0.3 is 6.18 Å². The molecule has 17 heavy (non-hydrogen) atoms. The minimum atomic E-state index is -4.31. The van der Waals surface area contributed by atoms with Gasteiger partial charge in [0.25, 0.3) is 0 Å². The molecule has 0 bridgehead atoms. The summed E-state index contributed by atoms with van der Waals surface area (Å²) in [5.41, 5.74) is 5.78. The Balaban J connectivity index is 2.64. The fourth-order valence-corrected chi connectivity index (χ4v) is 2.89. The van der Waals surface area contributed by atoms with Gasteiger partial charge in [-0.3, -0.25) is 0 Å². The molecule has 0 saturated heterocycles. The van der Waals surface area contributed by atoms with Gasteiger partial charge in [0, 0.05) is 16.1 Å². The van der Waals surface area contributed by atoms with Crippen molar-refractivity contribution >= 4 is 21.4 Å². The molecule has 1 heterocycles. The van der Waals surface area contributed by atoms with Gasteiger partial charge in [-0.2, -0.15) is 13.2 Å². The van der Waals surface area contributed by atoms with E-state index in [0.717, 1.165) is 6.07 Å². The third-order valence-electron chi connectivity index (χ3n) is 2.52. The van der Waals surface area contributed by atoms with E-state index in [2.05, 4.69) is 0 Å². The molecule has 0 amide bonds. The molecule has 5 heteroatoms. The number of halogens is 3. The van der Waals surface area contributed by atoms with E-state index in [0.29, 0.717) is 22.1 Å². The van der Waals surface area contributed by atoms with Gasteiger partial charge < -0.3 is 5.73 Å². The summed E-state index contributed by atoms with van der Waals surface area (Å²) in [4.78, 5) is 0. The number of rotatable bonds is 2. The van der Waals surface area contributed by atoms with Crippen molar-refractivity contribution < 1.29 is 13.2 Å². The van der Waals surface area contributed by atoms with E-state index < -0.39 is 11.7 Å². The summed E-state index contributed by atoms with van der Waals surface area (Å²) >= 11 is 1.33. The Labute approximate surface area is 101 Å². The summed E-state index contributed by atoms with van der Waals surface area (Å²) < 4.78 is 39.3. The summed E-state index contributed by atoms with van der Waals surface area (Å²) in [5.74, 6) is 0. The quantitative estimate of drug-likeness (QED) is 0.872. The van der Waals surface area contributed by atoms with Crippen LogP contribution in [0.2, 0.25) is 0 Å². The van der Waals surface area contributed by atoms with Crippen molar-refractivity contribution in [2.24, 2.45) is 5.73 Å². The molecule has 2 rings (SSSR count). The van der Waals surface area contributed by atoms with Gasteiger partial charge in [-0.05, 0) is 36.4 Å². The molecular weight excluding hydrogens is 247 g/mol. The molecule has 2 aromatic rings. The number of benzene rings is 1. The maximum Gasteiger partial charge on any atom is 0.417 e. The van der Waals surface area contributed by atoms with Crippen LogP contribution in [0.1, 0.15) is 18.1 Å². The summed E-state index contributed by atoms with van der Waals surface area (Å²) in [6.07, 6.45) is -3.85. The first-order valence-corrected chi connectivity index (χ1v) is 6.09. The lowest BCUT2D eigenvalue weighted by Crippen LogP contribution is -2.18. The molecule has 92 valence electrons. The van der Waals surface area contributed by atoms with Crippen LogP contribution in [0.5, 0.6) is 0 Å². The Morgan fingerprint density at radius 2 is 2.06 bits per heavy atom. The average Bonchev–Trinajstić information content (AvgIpc) is 2.59. The molecule has 0 fully saturated rings. The van der Waals surface area contributed by atoms with E-state index in [4.69, 9.17) is 5.73 Å². The molecule has 0 aliphatic heterocycles. The molecular formula is C12H12F3NS. The number of fused-ring (bicyclic) bond motifs is 1. The van der Waals surface area contributed by atoms with Gasteiger partial charge in [-0.25, -0.2) is 0 Å². The van der Waals surface area contributed by atoms with Crippen molar-refractivity contribution in [1.82, 2.24) is 0 Å². The molecule has 1 aromatic heterocycles. The van der Waals surface area contributed by atoms with Crippen LogP contribution in [0.15, 0.2) is 23.6 Å². The second kappa shape index (κ2) is 4.31. The standard InChI is InChI=1S/C12H12F3NS/c1-7(16)5-8-6-17-10-4-2-3-9(11(8)10)12(13,14)15/h2-4,6-7H,5,16H2,1H3. The fourth-order valence-electron chi connectivity index (χ4n) is 1.89. The maximum atomic E-state index is 12.9. The van der Waals surface area contributed by atoms with Crippen LogP contribution < -0.4 is 5.73 Å². The van der Waals surface area contributed by atoms with E-state index in [1.165, 1.54) is 17.4 Å². The van der Waals surface area contributed by atoms with Crippen molar-refractivity contribution in [2.45, 2.75) is 25.6 Å². The highest BCUT2D eigenvalue weighted by Gasteiger charge is 2.33. The van der Waals surface area contributed by atoms with Crippen LogP contribution in [0.3, 0.4) is 0 Å². The number of hydrogen-bond donors (Lipinski definition) is 1. The van der Waals surface area contributed by atoms with Crippen molar-refractivity contribution in [1.29, 1.82) is 0 Å². The zero-order valence-corrected chi connectivity index (χ0v) is 10.0. The predicted octanol–water partition coefficient (Wildman–Crippen LogP) is 3.81. The second-order valence-electron chi connectivity index (χ2n) is 4.12. The molecule has 2 N–H and O–H groups in total. The minimum Gasteiger partial charge on any atom is -0.328 e. The first-order chi connectivity index (χ1) is 7.89. The molecule has 1 atom stereocenters. The lowest BCUT2D eigenvalue weighted by molar-refractivity contribution is -0.136. The zero-order valence-electron chi connectivity index (χ0n) is 9.21. The molecule has 1 aromatic carbocycles. The maximum absolute atomic E-state index is 12.9. The van der Waals surface area contributed by atoms with Crippen molar-refractivity contribution in [3.63, 3.8) is 0 Å². The lowest BCUT2D eigenvalue weighted by atomic mass is 10.0. The highest BCUT2D eigenvalue weighted by molar-refractivity contribution is 7.17. The molecule has 0 spiro atoms. The van der Waals surface area contributed by atoms with Gasteiger partial charge in [0.15, 0.2) is 0 Å². The van der Waals surface area contributed by atoms with E-state index in [1.807, 2.05) is 0 Å². The Hall–Kier alpha value is -1.07. The Morgan fingerprint density at radius 3 is 2.65 bits per heavy atom. The monoisotopic (exact) mass is 259 g/mol. The highest BCUT2D eigenvalue weighted by atomic mass is 32.1. The van der Waals surface area contributed by atoms with Gasteiger partial charge in [0.1, 0.15) is 0 Å². The largest absolute Gasteiger partial charge is 0.417 e. The Morgan fingerprint density at radius 1 is 1.35 bits per heavy atom. The molecule has 0 aliphatic carbocycles.